The Kier molecular flexibility index (Phi) is 10.2. The molecule has 1 aliphatic carbocycles. The summed E-state index contributed by atoms with van der Waals surface area (Å²) in [5.41, 5.74) is 7.75. The van der Waals surface area contributed by atoms with Gasteiger partial charge in [0.25, 0.3) is 5.91 Å². The number of nitrogens with one attached hydrogen (secondary N) is 1. The molecule has 3 unspecified atom stereocenters. The molecule has 0 saturated carbocycles. The standard InChI is InChI=1S/C27H38N2O5/c1-16-10-17(2)12-21(34-6)13-18(3)14-22-25(28)24(30)15-23(26(22)31)29-27(32)19(4)8-7-9-20(11-16)33-5/h7-10,15,17-18,20-21H,11-14,28H2,1-6H3,(H,29,32)/b9-7-,16-10+,19-8+/t17-,18?,20?,21?/m0/s1. The molecule has 2 bridgehead atoms. The Labute approximate surface area is 202 Å². The predicted octanol–water partition coefficient (Wildman–Crippen LogP) is 3.68. The van der Waals surface area contributed by atoms with E-state index in [1.165, 1.54) is 5.57 Å². The number of carbonyl (C=O) groups is 3. The quantitative estimate of drug-likeness (QED) is 0.471. The molecule has 1 heterocycles. The van der Waals surface area contributed by atoms with Gasteiger partial charge in [-0.25, -0.2) is 0 Å². The molecule has 1 amide bonds. The zero-order valence-electron chi connectivity index (χ0n) is 21.1. The first-order valence-electron chi connectivity index (χ1n) is 11.7. The number of allylic oxidation sites excluding steroid dienone is 5. The van der Waals surface area contributed by atoms with E-state index in [1.54, 1.807) is 33.3 Å². The molecule has 0 fully saturated rings. The number of rotatable bonds is 2. The van der Waals surface area contributed by atoms with Crippen LogP contribution in [0.1, 0.15) is 53.4 Å². The van der Waals surface area contributed by atoms with Crippen molar-refractivity contribution < 1.29 is 23.9 Å². The number of Topliss-reactive ketones (excluding diaryl/α,β-unsaturated/α-hetero) is 1. The van der Waals surface area contributed by atoms with Crippen LogP contribution in [-0.2, 0) is 23.9 Å². The number of carbonyl (C=O) groups excluding carboxylic acids is 3. The fraction of sp³-hybridized carbons (Fsp3) is 0.519. The monoisotopic (exact) mass is 470 g/mol. The van der Waals surface area contributed by atoms with E-state index >= 15 is 0 Å². The van der Waals surface area contributed by atoms with Crippen molar-refractivity contribution in [2.45, 2.75) is 65.6 Å². The Morgan fingerprint density at radius 1 is 1.03 bits per heavy atom. The first kappa shape index (κ1) is 27.5. The first-order valence-corrected chi connectivity index (χ1v) is 11.7. The third-order valence-electron chi connectivity index (χ3n) is 6.24. The van der Waals surface area contributed by atoms with Gasteiger partial charge < -0.3 is 20.5 Å². The Bertz CT molecular complexity index is 954. The minimum atomic E-state index is -0.468. The van der Waals surface area contributed by atoms with Gasteiger partial charge in [0, 0.05) is 31.4 Å². The summed E-state index contributed by atoms with van der Waals surface area (Å²) in [6.45, 7) is 7.90. The Morgan fingerprint density at radius 3 is 2.38 bits per heavy atom. The lowest BCUT2D eigenvalue weighted by Crippen LogP contribution is -2.34. The molecule has 1 aliphatic heterocycles. The van der Waals surface area contributed by atoms with Gasteiger partial charge in [-0.3, -0.25) is 14.4 Å². The number of hydrogen-bond donors (Lipinski definition) is 2. The highest BCUT2D eigenvalue weighted by molar-refractivity contribution is 6.23. The second-order valence-corrected chi connectivity index (χ2v) is 9.44. The van der Waals surface area contributed by atoms with E-state index in [-0.39, 0.29) is 35.1 Å². The number of ketones is 2. The van der Waals surface area contributed by atoms with E-state index in [1.807, 2.05) is 13.0 Å². The third-order valence-corrected chi connectivity index (χ3v) is 6.24. The lowest BCUT2D eigenvalue weighted by atomic mass is 9.86. The van der Waals surface area contributed by atoms with Gasteiger partial charge >= 0.3 is 0 Å². The van der Waals surface area contributed by atoms with Crippen LogP contribution < -0.4 is 11.1 Å². The fourth-order valence-electron chi connectivity index (χ4n) is 4.38. The summed E-state index contributed by atoms with van der Waals surface area (Å²) in [6, 6.07) is 0. The number of fused-ring (bicyclic) bond motifs is 2. The summed E-state index contributed by atoms with van der Waals surface area (Å²) in [5.74, 6) is -1.00. The summed E-state index contributed by atoms with van der Waals surface area (Å²) in [7, 11) is 3.35. The summed E-state index contributed by atoms with van der Waals surface area (Å²) in [6.07, 6.45) is 11.1. The van der Waals surface area contributed by atoms with Crippen LogP contribution in [0.25, 0.3) is 0 Å². The van der Waals surface area contributed by atoms with Crippen molar-refractivity contribution in [2.75, 3.05) is 14.2 Å². The zero-order valence-corrected chi connectivity index (χ0v) is 21.1. The average molecular weight is 471 g/mol. The van der Waals surface area contributed by atoms with Gasteiger partial charge in [-0.2, -0.15) is 0 Å². The van der Waals surface area contributed by atoms with Crippen molar-refractivity contribution in [2.24, 2.45) is 17.6 Å². The fourth-order valence-corrected chi connectivity index (χ4v) is 4.38. The van der Waals surface area contributed by atoms with E-state index in [4.69, 9.17) is 15.2 Å². The molecular formula is C27H38N2O5. The molecule has 0 spiro atoms. The van der Waals surface area contributed by atoms with Gasteiger partial charge in [-0.1, -0.05) is 43.7 Å². The number of ether oxygens (including phenoxy) is 2. The molecule has 0 aromatic rings. The Hall–Kier alpha value is -2.77. The number of methoxy groups -OCH3 is 2. The third kappa shape index (κ3) is 7.64. The van der Waals surface area contributed by atoms with Crippen LogP contribution in [0.2, 0.25) is 0 Å². The number of nitrogens with two attached hydrogens (primary N) is 1. The van der Waals surface area contributed by atoms with Crippen LogP contribution in [-0.4, -0.2) is 43.9 Å². The van der Waals surface area contributed by atoms with Gasteiger partial charge in [0.2, 0.25) is 11.6 Å². The minimum Gasteiger partial charge on any atom is -0.395 e. The molecule has 0 saturated heterocycles. The summed E-state index contributed by atoms with van der Waals surface area (Å²) >= 11 is 0. The van der Waals surface area contributed by atoms with Crippen LogP contribution in [0.5, 0.6) is 0 Å². The summed E-state index contributed by atoms with van der Waals surface area (Å²) in [5, 5.41) is 2.58. The molecule has 0 radical (unpaired) electrons. The van der Waals surface area contributed by atoms with Crippen molar-refractivity contribution in [1.82, 2.24) is 5.32 Å². The van der Waals surface area contributed by atoms with Gasteiger partial charge in [-0.15, -0.1) is 0 Å². The molecule has 0 aromatic carbocycles. The molecule has 186 valence electrons. The molecule has 4 atom stereocenters. The van der Waals surface area contributed by atoms with Crippen molar-refractivity contribution in [3.63, 3.8) is 0 Å². The van der Waals surface area contributed by atoms with E-state index < -0.39 is 17.5 Å². The van der Waals surface area contributed by atoms with Gasteiger partial charge in [0.15, 0.2) is 0 Å². The lowest BCUT2D eigenvalue weighted by Gasteiger charge is -2.24. The van der Waals surface area contributed by atoms with Crippen LogP contribution in [0.4, 0.5) is 0 Å². The van der Waals surface area contributed by atoms with E-state index in [0.29, 0.717) is 24.3 Å². The van der Waals surface area contributed by atoms with Gasteiger partial charge in [0.1, 0.15) is 0 Å². The molecule has 7 heteroatoms. The van der Waals surface area contributed by atoms with Crippen molar-refractivity contribution in [3.05, 3.63) is 58.5 Å². The first-order chi connectivity index (χ1) is 16.0. The van der Waals surface area contributed by atoms with Crippen molar-refractivity contribution >= 4 is 17.5 Å². The Balaban J connectivity index is 2.40. The highest BCUT2D eigenvalue weighted by atomic mass is 16.5. The maximum atomic E-state index is 13.1. The topological polar surface area (TPSA) is 108 Å². The van der Waals surface area contributed by atoms with Crippen molar-refractivity contribution in [1.29, 1.82) is 0 Å². The SMILES string of the molecule is COC1/C=C\C=C(/C)C(=O)NC2=CC(=O)C(N)=C(CC(C)CC(OC)C[C@@H](C)/C=C(\C)C1)C2=O. The minimum absolute atomic E-state index is 0.00737. The van der Waals surface area contributed by atoms with Crippen molar-refractivity contribution in [3.8, 4) is 0 Å². The molecule has 7 nitrogen and oxygen atoms in total. The van der Waals surface area contributed by atoms with Crippen LogP contribution in [0, 0.1) is 11.8 Å². The molecule has 0 aromatic heterocycles. The van der Waals surface area contributed by atoms with E-state index in [9.17, 15) is 14.4 Å². The second kappa shape index (κ2) is 12.6. The van der Waals surface area contributed by atoms with Gasteiger partial charge in [-0.05, 0) is 51.4 Å². The molecule has 34 heavy (non-hydrogen) atoms. The van der Waals surface area contributed by atoms with E-state index in [2.05, 4.69) is 25.2 Å². The van der Waals surface area contributed by atoms with Crippen LogP contribution in [0.15, 0.2) is 58.5 Å². The molecular weight excluding hydrogens is 432 g/mol. The second-order valence-electron chi connectivity index (χ2n) is 9.44. The predicted molar refractivity (Wildman–Crippen MR) is 132 cm³/mol. The smallest absolute Gasteiger partial charge is 0.251 e. The number of hydrogen-bond acceptors (Lipinski definition) is 6. The molecule has 2 aliphatic rings. The summed E-state index contributed by atoms with van der Waals surface area (Å²) < 4.78 is 11.3. The molecule has 3 N–H and O–H groups in total. The number of amides is 1. The maximum absolute atomic E-state index is 13.1. The largest absolute Gasteiger partial charge is 0.395 e. The highest BCUT2D eigenvalue weighted by Crippen LogP contribution is 2.27. The van der Waals surface area contributed by atoms with Gasteiger partial charge in [0.05, 0.1) is 23.6 Å². The summed E-state index contributed by atoms with van der Waals surface area (Å²) in [4.78, 5) is 38.2. The van der Waals surface area contributed by atoms with Crippen LogP contribution >= 0.6 is 0 Å². The lowest BCUT2D eigenvalue weighted by molar-refractivity contribution is -0.120. The average Bonchev–Trinajstić information content (AvgIpc) is 2.78. The normalized spacial score (nSPS) is 32.3. The zero-order chi connectivity index (χ0) is 25.4. The highest BCUT2D eigenvalue weighted by Gasteiger charge is 2.30. The van der Waals surface area contributed by atoms with E-state index in [0.717, 1.165) is 18.9 Å². The molecule has 2 rings (SSSR count). The Morgan fingerprint density at radius 2 is 1.74 bits per heavy atom. The maximum Gasteiger partial charge on any atom is 0.251 e. The van der Waals surface area contributed by atoms with Crippen LogP contribution in [0.3, 0.4) is 0 Å².